The first kappa shape index (κ1) is 25.7. The molecule has 4 heterocycles. The molecule has 3 atom stereocenters. The molecule has 2 aliphatic rings. The topological polar surface area (TPSA) is 191 Å². The van der Waals surface area contributed by atoms with Crippen molar-refractivity contribution in [2.45, 2.75) is 22.2 Å². The number of carbonyl (C=O) groups is 4. The van der Waals surface area contributed by atoms with Crippen molar-refractivity contribution >= 4 is 58.7 Å². The number of primary amides is 1. The molecule has 16 heteroatoms. The van der Waals surface area contributed by atoms with Gasteiger partial charge in [-0.2, -0.15) is 0 Å². The number of nitrogens with one attached hydrogen (secondary N) is 2. The Morgan fingerprint density at radius 1 is 1.44 bits per heavy atom. The van der Waals surface area contributed by atoms with Crippen LogP contribution in [0.4, 0.5) is 4.79 Å². The molecule has 1 saturated heterocycles. The Kier molecular flexibility index (Phi) is 7.39. The summed E-state index contributed by atoms with van der Waals surface area (Å²) < 4.78 is 5.45. The first-order chi connectivity index (χ1) is 17.2. The highest BCUT2D eigenvalue weighted by Gasteiger charge is 2.67. The quantitative estimate of drug-likeness (QED) is 0.108. The average molecular weight is 553 g/mol. The number of β-lactam (4-membered cyclic amide) rings is 1. The Morgan fingerprint density at radius 3 is 2.83 bits per heavy atom. The van der Waals surface area contributed by atoms with E-state index in [0.717, 1.165) is 16.7 Å². The normalized spacial score (nSPS) is 21.9. The smallest absolute Gasteiger partial charge is 0.352 e. The lowest BCUT2D eigenvalue weighted by molar-refractivity contribution is -0.706. The average Bonchev–Trinajstić information content (AvgIpc) is 3.38. The fraction of sp³-hybridized carbons (Fsp3) is 0.300. The number of rotatable bonds is 9. The van der Waals surface area contributed by atoms with Crippen LogP contribution in [-0.4, -0.2) is 68.6 Å². The number of carbonyl (C=O) groups excluding carboxylic acids is 3. The molecule has 0 bridgehead atoms. The molecule has 4 amide bonds. The number of nitrogens with zero attached hydrogens (tertiary/aromatic N) is 3. The molecular formula is C20H20N6O7S3. The van der Waals surface area contributed by atoms with E-state index < -0.39 is 41.0 Å². The highest BCUT2D eigenvalue weighted by atomic mass is 32.2. The van der Waals surface area contributed by atoms with Crippen LogP contribution in [0.2, 0.25) is 0 Å². The number of aromatic nitrogens is 2. The third-order valence-electron chi connectivity index (χ3n) is 5.40. The molecule has 190 valence electrons. The summed E-state index contributed by atoms with van der Waals surface area (Å²) in [5.41, 5.74) is 3.57. The second-order valence-electron chi connectivity index (χ2n) is 7.51. The van der Waals surface area contributed by atoms with Gasteiger partial charge in [-0.05, 0) is 39.7 Å². The van der Waals surface area contributed by atoms with E-state index in [4.69, 9.17) is 10.5 Å². The largest absolute Gasteiger partial charge is 0.593 e. The van der Waals surface area contributed by atoms with Crippen molar-refractivity contribution in [3.05, 3.63) is 57.2 Å². The first-order valence-corrected chi connectivity index (χ1v) is 13.2. The van der Waals surface area contributed by atoms with Gasteiger partial charge in [0.05, 0.1) is 6.20 Å². The van der Waals surface area contributed by atoms with Crippen LogP contribution in [0.1, 0.15) is 10.9 Å². The number of methoxy groups -OCH3 is 1. The Morgan fingerprint density at radius 2 is 2.22 bits per heavy atom. The number of urea groups is 1. The second-order valence-corrected chi connectivity index (χ2v) is 10.5. The van der Waals surface area contributed by atoms with Crippen molar-refractivity contribution in [1.29, 1.82) is 0 Å². The fourth-order valence-electron chi connectivity index (χ4n) is 3.78. The summed E-state index contributed by atoms with van der Waals surface area (Å²) >= 11 is 3.50. The zero-order valence-corrected chi connectivity index (χ0v) is 21.0. The maximum atomic E-state index is 13.3. The van der Waals surface area contributed by atoms with E-state index in [1.165, 1.54) is 36.4 Å². The maximum Gasteiger partial charge on any atom is 0.352 e. The number of fused-ring (bicyclic) bond motifs is 1. The van der Waals surface area contributed by atoms with Gasteiger partial charge < -0.3 is 31.4 Å². The van der Waals surface area contributed by atoms with Gasteiger partial charge in [0.15, 0.2) is 0 Å². The summed E-state index contributed by atoms with van der Waals surface area (Å²) in [5.74, 6) is -2.51. The van der Waals surface area contributed by atoms with Crippen molar-refractivity contribution in [3.8, 4) is 0 Å². The van der Waals surface area contributed by atoms with Gasteiger partial charge in [-0.15, -0.1) is 23.1 Å². The molecule has 0 aromatic carbocycles. The van der Waals surface area contributed by atoms with Crippen LogP contribution in [0, 0.1) is 5.21 Å². The zero-order chi connectivity index (χ0) is 26.0. The van der Waals surface area contributed by atoms with Crippen molar-refractivity contribution in [1.82, 2.24) is 20.6 Å². The third kappa shape index (κ3) is 4.59. The third-order valence-corrected chi connectivity index (χ3v) is 8.79. The molecule has 0 saturated carbocycles. The predicted octanol–water partition coefficient (Wildman–Crippen LogP) is -0.00910. The van der Waals surface area contributed by atoms with E-state index in [9.17, 15) is 29.5 Å². The minimum Gasteiger partial charge on any atom is -0.593 e. The molecule has 4 rings (SSSR count). The van der Waals surface area contributed by atoms with E-state index in [2.05, 4.69) is 15.7 Å². The Balaban J connectivity index is 1.57. The van der Waals surface area contributed by atoms with Gasteiger partial charge in [-0.3, -0.25) is 14.5 Å². The van der Waals surface area contributed by atoms with Crippen LogP contribution in [0.3, 0.4) is 0 Å². The number of thiophene rings is 1. The molecule has 0 spiro atoms. The number of aliphatic carboxylic acids is 1. The van der Waals surface area contributed by atoms with Crippen molar-refractivity contribution in [3.63, 3.8) is 0 Å². The summed E-state index contributed by atoms with van der Waals surface area (Å²) in [6.45, 7) is 0. The summed E-state index contributed by atoms with van der Waals surface area (Å²) in [6, 6.07) is 4.33. The zero-order valence-electron chi connectivity index (χ0n) is 18.6. The molecule has 36 heavy (non-hydrogen) atoms. The number of hydrogen-bond acceptors (Lipinski definition) is 10. The van der Waals surface area contributed by atoms with Crippen molar-refractivity contribution in [2.75, 3.05) is 18.6 Å². The van der Waals surface area contributed by atoms with Gasteiger partial charge in [0, 0.05) is 34.7 Å². The molecule has 2 aliphatic heterocycles. The minimum absolute atomic E-state index is 0.133. The minimum atomic E-state index is -1.85. The van der Waals surface area contributed by atoms with Crippen LogP contribution in [0.15, 0.2) is 52.1 Å². The molecule has 2 aromatic heterocycles. The Labute approximate surface area is 216 Å². The molecule has 0 radical (unpaired) electrons. The van der Waals surface area contributed by atoms with Gasteiger partial charge in [-0.25, -0.2) is 9.59 Å². The van der Waals surface area contributed by atoms with Crippen LogP contribution >= 0.6 is 34.9 Å². The van der Waals surface area contributed by atoms with E-state index in [-0.39, 0.29) is 22.2 Å². The Hall–Kier alpha value is -3.34. The first-order valence-electron chi connectivity index (χ1n) is 10.2. The Bertz CT molecular complexity index is 1240. The molecule has 5 N–H and O–H groups in total. The number of thioether (sulfide) groups is 2. The summed E-state index contributed by atoms with van der Waals surface area (Å²) in [6.07, 6.45) is 1.33. The fourth-order valence-corrected chi connectivity index (χ4v) is 7.02. The predicted molar refractivity (Wildman–Crippen MR) is 129 cm³/mol. The second kappa shape index (κ2) is 10.3. The van der Waals surface area contributed by atoms with Crippen LogP contribution in [-0.2, 0) is 19.1 Å². The molecule has 2 aromatic rings. The maximum absolute atomic E-state index is 13.3. The van der Waals surface area contributed by atoms with Crippen molar-refractivity contribution in [2.24, 2.45) is 5.73 Å². The van der Waals surface area contributed by atoms with E-state index in [1.54, 1.807) is 29.6 Å². The number of nitrogens with two attached hydrogens (primary N) is 1. The molecular weight excluding hydrogens is 532 g/mol. The molecule has 2 unspecified atom stereocenters. The molecule has 13 nitrogen and oxygen atoms in total. The van der Waals surface area contributed by atoms with Gasteiger partial charge >= 0.3 is 12.0 Å². The number of ether oxygens (including phenoxy) is 1. The summed E-state index contributed by atoms with van der Waals surface area (Å²) in [4.78, 5) is 52.0. The van der Waals surface area contributed by atoms with Gasteiger partial charge in [0.25, 0.3) is 22.6 Å². The van der Waals surface area contributed by atoms with Crippen LogP contribution < -0.4 is 21.2 Å². The molecule has 1 fully saturated rings. The van der Waals surface area contributed by atoms with E-state index >= 15 is 0 Å². The summed E-state index contributed by atoms with van der Waals surface area (Å²) in [5, 5.41) is 31.3. The number of carboxylic acid groups (broad SMARTS) is 1. The monoisotopic (exact) mass is 552 g/mol. The van der Waals surface area contributed by atoms with E-state index in [0.29, 0.717) is 15.3 Å². The van der Waals surface area contributed by atoms with E-state index in [1.807, 2.05) is 0 Å². The van der Waals surface area contributed by atoms with Crippen LogP contribution in [0.25, 0.3) is 0 Å². The van der Waals surface area contributed by atoms with Crippen LogP contribution in [0.5, 0.6) is 0 Å². The van der Waals surface area contributed by atoms with Gasteiger partial charge in [0.2, 0.25) is 0 Å². The lowest BCUT2D eigenvalue weighted by Gasteiger charge is -2.56. The standard InChI is InChI=1S/C20H20N6O7S3/c1-33-20(24-15(27)13(23-19(21)31)11-4-3-7-34-11)17(30)25-14(16(28)29)10(9-36-18(20)25)8-35-12-5-2-6-22-26(12)32/h2-7,13,18H,8-9H2,1H3,(H,24,27)(H,28,29)(H3,21,23,31)/t13?,18?,20-/m1/s1. The molecule has 0 aliphatic carbocycles. The summed E-state index contributed by atoms with van der Waals surface area (Å²) in [7, 11) is 1.22. The van der Waals surface area contributed by atoms with Gasteiger partial charge in [0.1, 0.15) is 17.1 Å². The number of carboxylic acids is 1. The highest BCUT2D eigenvalue weighted by molar-refractivity contribution is 8.01. The SMILES string of the molecule is CO[C@]1(NC(=O)C(NC(N)=O)c2cccs2)C(=O)N2C(C(=O)O)=C(CSc3cccn[n+]3[O-])CSC21. The highest BCUT2D eigenvalue weighted by Crippen LogP contribution is 2.47. The number of hydrogen-bond donors (Lipinski definition) is 4. The van der Waals surface area contributed by atoms with Gasteiger partial charge in [-0.1, -0.05) is 6.07 Å². The lowest BCUT2D eigenvalue weighted by atomic mass is 9.97. The lowest BCUT2D eigenvalue weighted by Crippen LogP contribution is -2.81. The number of amides is 4. The van der Waals surface area contributed by atoms with Crippen molar-refractivity contribution < 1.29 is 33.9 Å².